The zero-order valence-electron chi connectivity index (χ0n) is 10.3. The van der Waals surface area contributed by atoms with Crippen molar-refractivity contribution in [2.45, 2.75) is 6.92 Å². The Hall–Kier alpha value is -2.13. The molecule has 0 radical (unpaired) electrons. The largest absolute Gasteiger partial charge is 0.508 e. The van der Waals surface area contributed by atoms with Crippen molar-refractivity contribution >= 4 is 22.5 Å². The highest BCUT2D eigenvalue weighted by Gasteiger charge is 2.11. The minimum atomic E-state index is 0.226. The van der Waals surface area contributed by atoms with Gasteiger partial charge in [-0.05, 0) is 30.7 Å². The van der Waals surface area contributed by atoms with Crippen molar-refractivity contribution in [1.82, 2.24) is 10.2 Å². The Kier molecular flexibility index (Phi) is 2.84. The molecule has 0 saturated heterocycles. The highest BCUT2D eigenvalue weighted by Crippen LogP contribution is 2.33. The molecule has 0 aliphatic rings. The lowest BCUT2D eigenvalue weighted by molar-refractivity contribution is 0.475. The van der Waals surface area contributed by atoms with Crippen LogP contribution in [0.25, 0.3) is 22.0 Å². The maximum Gasteiger partial charge on any atom is 0.116 e. The van der Waals surface area contributed by atoms with Crippen LogP contribution < -0.4 is 0 Å². The van der Waals surface area contributed by atoms with E-state index in [0.717, 1.165) is 22.2 Å². The third kappa shape index (κ3) is 2.02. The van der Waals surface area contributed by atoms with E-state index in [4.69, 9.17) is 11.6 Å². The fourth-order valence-electron chi connectivity index (χ4n) is 2.21. The number of nitrogens with zero attached hydrogens (tertiary/aromatic N) is 2. The number of halogens is 1. The third-order valence-corrected chi connectivity index (χ3v) is 3.36. The number of hydrogen-bond donors (Lipinski definition) is 1. The molecule has 94 valence electrons. The van der Waals surface area contributed by atoms with Crippen LogP contribution >= 0.6 is 11.6 Å². The number of hydrogen-bond acceptors (Lipinski definition) is 3. The van der Waals surface area contributed by atoms with E-state index in [0.29, 0.717) is 10.5 Å². The molecule has 0 aliphatic carbocycles. The van der Waals surface area contributed by atoms with Gasteiger partial charge in [0.25, 0.3) is 0 Å². The Balaban J connectivity index is 2.40. The van der Waals surface area contributed by atoms with Crippen molar-refractivity contribution in [2.24, 2.45) is 0 Å². The molecule has 1 heterocycles. The zero-order chi connectivity index (χ0) is 13.4. The molecular formula is C15H11ClN2O. The van der Waals surface area contributed by atoms with Crippen molar-refractivity contribution in [1.29, 1.82) is 0 Å². The van der Waals surface area contributed by atoms with Crippen LogP contribution in [-0.2, 0) is 0 Å². The third-order valence-electron chi connectivity index (χ3n) is 3.05. The summed E-state index contributed by atoms with van der Waals surface area (Å²) in [6.45, 7) is 1.90. The molecule has 0 saturated carbocycles. The van der Waals surface area contributed by atoms with Crippen LogP contribution in [0, 0.1) is 6.92 Å². The molecule has 1 N–H and O–H groups in total. The van der Waals surface area contributed by atoms with Gasteiger partial charge in [0.05, 0.1) is 10.7 Å². The lowest BCUT2D eigenvalue weighted by Crippen LogP contribution is -1.94. The molecule has 0 atom stereocenters. The van der Waals surface area contributed by atoms with Gasteiger partial charge in [0.15, 0.2) is 0 Å². The molecule has 1 aromatic heterocycles. The lowest BCUT2D eigenvalue weighted by atomic mass is 9.99. The van der Waals surface area contributed by atoms with Crippen LogP contribution in [0.15, 0.2) is 42.5 Å². The number of fused-ring (bicyclic) bond motifs is 1. The van der Waals surface area contributed by atoms with Gasteiger partial charge in [-0.15, -0.1) is 5.10 Å². The van der Waals surface area contributed by atoms with E-state index in [2.05, 4.69) is 10.2 Å². The van der Waals surface area contributed by atoms with Gasteiger partial charge in [-0.1, -0.05) is 35.9 Å². The number of benzene rings is 2. The Morgan fingerprint density at radius 3 is 2.63 bits per heavy atom. The molecule has 4 heteroatoms. The summed E-state index contributed by atoms with van der Waals surface area (Å²) < 4.78 is 0. The normalized spacial score (nSPS) is 10.8. The van der Waals surface area contributed by atoms with Crippen molar-refractivity contribution in [2.75, 3.05) is 0 Å². The van der Waals surface area contributed by atoms with Gasteiger partial charge in [0, 0.05) is 10.9 Å². The predicted molar refractivity (Wildman–Crippen MR) is 76.4 cm³/mol. The second-order valence-corrected chi connectivity index (χ2v) is 4.75. The first-order valence-corrected chi connectivity index (χ1v) is 6.25. The quantitative estimate of drug-likeness (QED) is 0.728. The molecule has 3 nitrogen and oxygen atoms in total. The number of aryl methyl sites for hydroxylation is 1. The van der Waals surface area contributed by atoms with Crippen LogP contribution in [0.5, 0.6) is 5.75 Å². The molecule has 0 aliphatic heterocycles. The van der Waals surface area contributed by atoms with Crippen LogP contribution in [0.3, 0.4) is 0 Å². The molecular weight excluding hydrogens is 260 g/mol. The van der Waals surface area contributed by atoms with Gasteiger partial charge in [0.2, 0.25) is 0 Å². The zero-order valence-corrected chi connectivity index (χ0v) is 11.0. The minimum Gasteiger partial charge on any atom is -0.508 e. The van der Waals surface area contributed by atoms with Crippen molar-refractivity contribution in [3.8, 4) is 16.9 Å². The van der Waals surface area contributed by atoms with E-state index in [1.807, 2.05) is 25.1 Å². The summed E-state index contributed by atoms with van der Waals surface area (Å²) in [6, 6.07) is 12.7. The fourth-order valence-corrected chi connectivity index (χ4v) is 2.43. The Morgan fingerprint density at radius 2 is 1.84 bits per heavy atom. The number of aromatic hydroxyl groups is 1. The van der Waals surface area contributed by atoms with Gasteiger partial charge >= 0.3 is 0 Å². The summed E-state index contributed by atoms with van der Waals surface area (Å²) in [5.41, 5.74) is 3.33. The summed E-state index contributed by atoms with van der Waals surface area (Å²) in [6.07, 6.45) is 0. The molecule has 3 rings (SSSR count). The maximum atomic E-state index is 9.63. The Morgan fingerprint density at radius 1 is 1.05 bits per heavy atom. The molecule has 0 amide bonds. The van der Waals surface area contributed by atoms with Crippen molar-refractivity contribution in [3.05, 3.63) is 53.2 Å². The molecule has 3 aromatic rings. The number of aromatic nitrogens is 2. The highest BCUT2D eigenvalue weighted by molar-refractivity contribution is 6.35. The summed E-state index contributed by atoms with van der Waals surface area (Å²) in [5, 5.41) is 19.4. The molecule has 0 unspecified atom stereocenters. The first-order valence-electron chi connectivity index (χ1n) is 5.88. The SMILES string of the molecule is Cc1nnc2c(Cl)cccc2c1-c1cccc(O)c1. The molecule has 0 bridgehead atoms. The average molecular weight is 271 g/mol. The van der Waals surface area contributed by atoms with Crippen molar-refractivity contribution < 1.29 is 5.11 Å². The summed E-state index contributed by atoms with van der Waals surface area (Å²) in [7, 11) is 0. The van der Waals surface area contributed by atoms with Crippen LogP contribution in [0.2, 0.25) is 5.02 Å². The van der Waals surface area contributed by atoms with Crippen LogP contribution in [0.4, 0.5) is 0 Å². The first-order chi connectivity index (χ1) is 9.16. The smallest absolute Gasteiger partial charge is 0.116 e. The van der Waals surface area contributed by atoms with Gasteiger partial charge in [-0.3, -0.25) is 0 Å². The van der Waals surface area contributed by atoms with Crippen molar-refractivity contribution in [3.63, 3.8) is 0 Å². The van der Waals surface area contributed by atoms with Gasteiger partial charge in [-0.25, -0.2) is 0 Å². The minimum absolute atomic E-state index is 0.226. The van der Waals surface area contributed by atoms with Gasteiger partial charge in [-0.2, -0.15) is 5.10 Å². The van der Waals surface area contributed by atoms with E-state index in [1.165, 1.54) is 0 Å². The van der Waals surface area contributed by atoms with E-state index in [1.54, 1.807) is 24.3 Å². The van der Waals surface area contributed by atoms with Crippen LogP contribution in [0.1, 0.15) is 5.69 Å². The summed E-state index contributed by atoms with van der Waals surface area (Å²) in [4.78, 5) is 0. The molecule has 0 fully saturated rings. The monoisotopic (exact) mass is 270 g/mol. The fraction of sp³-hybridized carbons (Fsp3) is 0.0667. The van der Waals surface area contributed by atoms with E-state index in [9.17, 15) is 5.11 Å². The number of rotatable bonds is 1. The van der Waals surface area contributed by atoms with Gasteiger partial charge in [0.1, 0.15) is 11.3 Å². The molecule has 0 spiro atoms. The maximum absolute atomic E-state index is 9.63. The van der Waals surface area contributed by atoms with Gasteiger partial charge < -0.3 is 5.11 Å². The lowest BCUT2D eigenvalue weighted by Gasteiger charge is -2.09. The Bertz CT molecular complexity index is 771. The van der Waals surface area contributed by atoms with Crippen LogP contribution in [-0.4, -0.2) is 15.3 Å². The van der Waals surface area contributed by atoms with E-state index in [-0.39, 0.29) is 5.75 Å². The summed E-state index contributed by atoms with van der Waals surface area (Å²) >= 11 is 6.15. The number of phenolic OH excluding ortho intramolecular Hbond substituents is 1. The second kappa shape index (κ2) is 4.52. The highest BCUT2D eigenvalue weighted by atomic mass is 35.5. The Labute approximate surface area is 115 Å². The van der Waals surface area contributed by atoms with E-state index < -0.39 is 0 Å². The molecule has 19 heavy (non-hydrogen) atoms. The number of phenols is 1. The summed E-state index contributed by atoms with van der Waals surface area (Å²) in [5.74, 6) is 0.226. The second-order valence-electron chi connectivity index (χ2n) is 4.35. The standard InChI is InChI=1S/C15H11ClN2O/c1-9-14(10-4-2-5-11(19)8-10)12-6-3-7-13(16)15(12)18-17-9/h2-8,19H,1H3. The average Bonchev–Trinajstić information content (AvgIpc) is 2.38. The predicted octanol–water partition coefficient (Wildman–Crippen LogP) is 3.96. The molecule has 2 aromatic carbocycles. The topological polar surface area (TPSA) is 46.0 Å². The van der Waals surface area contributed by atoms with E-state index >= 15 is 0 Å². The first kappa shape index (κ1) is 11.9.